The van der Waals surface area contributed by atoms with E-state index in [1.807, 2.05) is 0 Å². The van der Waals surface area contributed by atoms with Gasteiger partial charge in [0.15, 0.2) is 17.2 Å². The fourth-order valence-electron chi connectivity index (χ4n) is 2.32. The lowest BCUT2D eigenvalue weighted by molar-refractivity contribution is -0.991. The van der Waals surface area contributed by atoms with Gasteiger partial charge in [0.25, 0.3) is 0 Å². The number of allylic oxidation sites excluding steroid dienone is 1. The van der Waals surface area contributed by atoms with Crippen LogP contribution in [0.3, 0.4) is 0 Å². The van der Waals surface area contributed by atoms with Crippen LogP contribution in [0.25, 0.3) is 6.08 Å². The zero-order valence-corrected chi connectivity index (χ0v) is 13.3. The quantitative estimate of drug-likeness (QED) is 0.634. The average molecular weight is 341 g/mol. The standard InChI is InChI=1S/C18H15NO6/c1-11(20)10-24-14-6-7-15-16(9-14)25-17(18(15)21)8-12-2-4-13(5-3-12)19(22)23/h2-9,19,22H,10H2,1H3. The molecule has 25 heavy (non-hydrogen) atoms. The van der Waals surface area contributed by atoms with Crippen LogP contribution in [0.2, 0.25) is 0 Å². The third-order valence-electron chi connectivity index (χ3n) is 3.54. The lowest BCUT2D eigenvalue weighted by atomic mass is 10.1. The molecule has 0 bridgehead atoms. The second-order valence-corrected chi connectivity index (χ2v) is 5.52. The molecule has 0 aliphatic carbocycles. The van der Waals surface area contributed by atoms with E-state index in [4.69, 9.17) is 14.7 Å². The Morgan fingerprint density at radius 1 is 1.28 bits per heavy atom. The Bertz CT molecular complexity index is 854. The number of carbonyl (C=O) groups is 2. The van der Waals surface area contributed by atoms with Gasteiger partial charge in [0.1, 0.15) is 18.1 Å². The molecule has 0 saturated heterocycles. The number of ether oxygens (including phenoxy) is 2. The van der Waals surface area contributed by atoms with Gasteiger partial charge in [0, 0.05) is 18.2 Å². The molecule has 0 fully saturated rings. The molecule has 1 aliphatic heterocycles. The molecule has 128 valence electrons. The molecule has 2 N–H and O–H groups in total. The largest absolute Gasteiger partial charge is 0.595 e. The summed E-state index contributed by atoms with van der Waals surface area (Å²) in [6.45, 7) is 1.37. The first-order valence-electron chi connectivity index (χ1n) is 7.48. The number of hydrogen-bond acceptors (Lipinski definition) is 6. The summed E-state index contributed by atoms with van der Waals surface area (Å²) in [5.74, 6) is 0.563. The lowest BCUT2D eigenvalue weighted by Gasteiger charge is -2.10. The van der Waals surface area contributed by atoms with Gasteiger partial charge >= 0.3 is 0 Å². The van der Waals surface area contributed by atoms with Crippen LogP contribution in [0.1, 0.15) is 22.8 Å². The molecule has 2 aromatic rings. The zero-order valence-electron chi connectivity index (χ0n) is 13.3. The summed E-state index contributed by atoms with van der Waals surface area (Å²) in [5.41, 5.74) is 1.22. The molecule has 2 aromatic carbocycles. The van der Waals surface area contributed by atoms with Gasteiger partial charge in [0.05, 0.1) is 5.56 Å². The lowest BCUT2D eigenvalue weighted by Crippen LogP contribution is -2.99. The van der Waals surface area contributed by atoms with Crippen molar-refractivity contribution in [3.8, 4) is 11.5 Å². The first kappa shape index (κ1) is 16.8. The average Bonchev–Trinajstić information content (AvgIpc) is 2.89. The van der Waals surface area contributed by atoms with Crippen molar-refractivity contribution in [1.82, 2.24) is 0 Å². The molecule has 7 heteroatoms. The summed E-state index contributed by atoms with van der Waals surface area (Å²) in [7, 11) is 0. The van der Waals surface area contributed by atoms with Crippen LogP contribution in [0, 0.1) is 5.21 Å². The molecule has 1 heterocycles. The molecule has 0 amide bonds. The van der Waals surface area contributed by atoms with Crippen molar-refractivity contribution in [1.29, 1.82) is 0 Å². The van der Waals surface area contributed by atoms with Gasteiger partial charge < -0.3 is 14.7 Å². The zero-order chi connectivity index (χ0) is 18.0. The minimum atomic E-state index is -1.02. The van der Waals surface area contributed by atoms with Gasteiger partial charge in [0.2, 0.25) is 5.78 Å². The third kappa shape index (κ3) is 3.74. The van der Waals surface area contributed by atoms with Crippen molar-refractivity contribution in [2.45, 2.75) is 6.92 Å². The van der Waals surface area contributed by atoms with Crippen LogP contribution < -0.4 is 14.7 Å². The Hall–Kier alpha value is -3.00. The van der Waals surface area contributed by atoms with Crippen LogP contribution in [-0.2, 0) is 4.79 Å². The Morgan fingerprint density at radius 2 is 2.00 bits per heavy atom. The molecule has 3 rings (SSSR count). The van der Waals surface area contributed by atoms with Gasteiger partial charge in [-0.25, -0.2) is 5.21 Å². The highest BCUT2D eigenvalue weighted by atomic mass is 16.8. The Balaban J connectivity index is 1.80. The summed E-state index contributed by atoms with van der Waals surface area (Å²) in [6, 6.07) is 10.8. The van der Waals surface area contributed by atoms with E-state index in [0.29, 0.717) is 22.6 Å². The van der Waals surface area contributed by atoms with E-state index in [9.17, 15) is 14.8 Å². The summed E-state index contributed by atoms with van der Waals surface area (Å²) in [4.78, 5) is 23.3. The maximum Gasteiger partial charge on any atom is 0.231 e. The maximum atomic E-state index is 12.4. The van der Waals surface area contributed by atoms with Gasteiger partial charge in [-0.3, -0.25) is 9.59 Å². The Morgan fingerprint density at radius 3 is 2.64 bits per heavy atom. The van der Waals surface area contributed by atoms with E-state index in [1.54, 1.807) is 36.4 Å². The molecule has 1 atom stereocenters. The number of carbonyl (C=O) groups excluding carboxylic acids is 2. The second kappa shape index (κ2) is 6.86. The Kier molecular flexibility index (Phi) is 4.62. The summed E-state index contributed by atoms with van der Waals surface area (Å²) in [5, 5.41) is 18.7. The van der Waals surface area contributed by atoms with Crippen molar-refractivity contribution in [2.24, 2.45) is 0 Å². The first-order chi connectivity index (χ1) is 11.9. The van der Waals surface area contributed by atoms with Gasteiger partial charge in [-0.1, -0.05) is 0 Å². The van der Waals surface area contributed by atoms with E-state index in [2.05, 4.69) is 0 Å². The highest BCUT2D eigenvalue weighted by molar-refractivity contribution is 6.14. The number of hydrogen-bond donors (Lipinski definition) is 2. The monoisotopic (exact) mass is 341 g/mol. The first-order valence-corrected chi connectivity index (χ1v) is 7.48. The normalized spacial score (nSPS) is 15.6. The maximum absolute atomic E-state index is 12.4. The highest BCUT2D eigenvalue weighted by Gasteiger charge is 2.27. The number of benzene rings is 2. The minimum absolute atomic E-state index is 0.0502. The van der Waals surface area contributed by atoms with Crippen LogP contribution in [0.4, 0.5) is 5.69 Å². The molecular formula is C18H15NO6. The number of rotatable bonds is 5. The molecule has 0 aromatic heterocycles. The number of fused-ring (bicyclic) bond motifs is 1. The topological polar surface area (TPSA) is 100 Å². The van der Waals surface area contributed by atoms with Crippen molar-refractivity contribution >= 4 is 23.3 Å². The number of ketones is 2. The van der Waals surface area contributed by atoms with Crippen LogP contribution in [0.15, 0.2) is 48.2 Å². The smallest absolute Gasteiger partial charge is 0.231 e. The van der Waals surface area contributed by atoms with Crippen LogP contribution >= 0.6 is 0 Å². The van der Waals surface area contributed by atoms with E-state index >= 15 is 0 Å². The number of nitrogens with one attached hydrogen (secondary N) is 1. The van der Waals surface area contributed by atoms with E-state index in [0.717, 1.165) is 0 Å². The van der Waals surface area contributed by atoms with Crippen molar-refractivity contribution < 1.29 is 29.5 Å². The molecule has 0 radical (unpaired) electrons. The molecule has 0 saturated carbocycles. The number of quaternary nitrogens is 1. The van der Waals surface area contributed by atoms with Gasteiger partial charge in [-0.2, -0.15) is 5.23 Å². The highest BCUT2D eigenvalue weighted by Crippen LogP contribution is 2.34. The molecule has 7 nitrogen and oxygen atoms in total. The Labute approximate surface area is 143 Å². The number of Topliss-reactive ketones (excluding diaryl/α,β-unsaturated/α-hetero) is 2. The van der Waals surface area contributed by atoms with Gasteiger partial charge in [-0.15, -0.1) is 0 Å². The predicted molar refractivity (Wildman–Crippen MR) is 87.8 cm³/mol. The van der Waals surface area contributed by atoms with Crippen molar-refractivity contribution in [3.63, 3.8) is 0 Å². The van der Waals surface area contributed by atoms with E-state index in [-0.39, 0.29) is 29.6 Å². The van der Waals surface area contributed by atoms with Crippen LogP contribution in [-0.4, -0.2) is 23.4 Å². The summed E-state index contributed by atoms with van der Waals surface area (Å²) >= 11 is 0. The third-order valence-corrected chi connectivity index (χ3v) is 3.54. The summed E-state index contributed by atoms with van der Waals surface area (Å²) < 4.78 is 10.9. The SMILES string of the molecule is CC(=O)COc1ccc2c(c1)OC(=Cc1ccc([NH+]([O-])O)cc1)C2=O. The predicted octanol–water partition coefficient (Wildman–Crippen LogP) is 1.67. The second-order valence-electron chi connectivity index (χ2n) is 5.52. The van der Waals surface area contributed by atoms with E-state index < -0.39 is 5.23 Å². The van der Waals surface area contributed by atoms with Crippen molar-refractivity contribution in [2.75, 3.05) is 6.61 Å². The minimum Gasteiger partial charge on any atom is -0.595 e. The summed E-state index contributed by atoms with van der Waals surface area (Å²) in [6.07, 6.45) is 1.55. The molecule has 1 unspecified atom stereocenters. The molecule has 0 spiro atoms. The van der Waals surface area contributed by atoms with Crippen molar-refractivity contribution in [3.05, 3.63) is 64.6 Å². The molecular weight excluding hydrogens is 326 g/mol. The fourth-order valence-corrected chi connectivity index (χ4v) is 2.32. The van der Waals surface area contributed by atoms with E-state index in [1.165, 1.54) is 19.1 Å². The fraction of sp³-hybridized carbons (Fsp3) is 0.111. The molecule has 1 aliphatic rings. The van der Waals surface area contributed by atoms with Crippen LogP contribution in [0.5, 0.6) is 11.5 Å². The van der Waals surface area contributed by atoms with Gasteiger partial charge in [-0.05, 0) is 42.8 Å².